The molecular weight excluding hydrogens is 214 g/mol. The van der Waals surface area contributed by atoms with E-state index in [9.17, 15) is 9.90 Å². The number of aryl methyl sites for hydroxylation is 1. The molecular formula is C14H17NO2. The van der Waals surface area contributed by atoms with Gasteiger partial charge in [0.15, 0.2) is 0 Å². The molecule has 1 aromatic carbocycles. The third-order valence-electron chi connectivity index (χ3n) is 4.36. The topological polar surface area (TPSA) is 63.3 Å². The van der Waals surface area contributed by atoms with Crippen LogP contribution in [0, 0.1) is 12.8 Å². The Labute approximate surface area is 101 Å². The molecule has 3 nitrogen and oxygen atoms in total. The molecule has 2 atom stereocenters. The number of amides is 1. The van der Waals surface area contributed by atoms with Gasteiger partial charge in [0.1, 0.15) is 6.10 Å². The zero-order chi connectivity index (χ0) is 12.2. The minimum absolute atomic E-state index is 0.0897. The number of benzene rings is 1. The lowest BCUT2D eigenvalue weighted by molar-refractivity contribution is -0.128. The maximum Gasteiger partial charge on any atom is 0.246 e. The van der Waals surface area contributed by atoms with Crippen molar-refractivity contribution in [1.29, 1.82) is 0 Å². The molecule has 90 valence electrons. The number of hydrogen-bond acceptors (Lipinski definition) is 2. The van der Waals surface area contributed by atoms with E-state index in [4.69, 9.17) is 5.73 Å². The number of aliphatic hydroxyl groups is 1. The molecule has 4 rings (SSSR count). The molecule has 17 heavy (non-hydrogen) atoms. The van der Waals surface area contributed by atoms with Crippen molar-refractivity contribution < 1.29 is 9.90 Å². The van der Waals surface area contributed by atoms with Crippen LogP contribution in [-0.4, -0.2) is 17.1 Å². The van der Waals surface area contributed by atoms with Crippen molar-refractivity contribution in [2.45, 2.75) is 37.7 Å². The number of rotatable bonds is 2. The summed E-state index contributed by atoms with van der Waals surface area (Å²) in [6.45, 7) is 2.07. The summed E-state index contributed by atoms with van der Waals surface area (Å²) in [5.41, 5.74) is 8.93. The van der Waals surface area contributed by atoms with Crippen LogP contribution in [0.5, 0.6) is 0 Å². The summed E-state index contributed by atoms with van der Waals surface area (Å²) < 4.78 is 0. The van der Waals surface area contributed by atoms with Gasteiger partial charge in [-0.15, -0.1) is 0 Å². The van der Waals surface area contributed by atoms with Crippen LogP contribution in [0.25, 0.3) is 0 Å². The molecule has 1 saturated carbocycles. The molecule has 0 spiro atoms. The van der Waals surface area contributed by atoms with E-state index in [1.165, 1.54) is 11.1 Å². The fraction of sp³-hybridized carbons (Fsp3) is 0.500. The predicted octanol–water partition coefficient (Wildman–Crippen LogP) is 1.43. The third kappa shape index (κ3) is 1.49. The van der Waals surface area contributed by atoms with Gasteiger partial charge in [0.25, 0.3) is 0 Å². The molecule has 0 heterocycles. The standard InChI is InChI=1S/C14H17NO2/c1-7-2-3-10-11(4-7)8-5-9(6-8)12(10)13(16)14(15)17/h2-4,8-9,12-13,16H,5-6H2,1H3,(H2,15,17)/t8?,9?,12-,13?/m1/s1. The second-order valence-corrected chi connectivity index (χ2v) is 5.43. The number of carbonyl (C=O) groups is 1. The minimum atomic E-state index is -1.04. The Hall–Kier alpha value is -1.35. The van der Waals surface area contributed by atoms with E-state index in [0.29, 0.717) is 11.8 Å². The Bertz CT molecular complexity index is 477. The highest BCUT2D eigenvalue weighted by atomic mass is 16.3. The highest BCUT2D eigenvalue weighted by Crippen LogP contribution is 2.56. The zero-order valence-electron chi connectivity index (χ0n) is 9.89. The Morgan fingerprint density at radius 3 is 2.76 bits per heavy atom. The Balaban J connectivity index is 2.06. The van der Waals surface area contributed by atoms with Gasteiger partial charge in [-0.25, -0.2) is 0 Å². The molecule has 2 bridgehead atoms. The first-order valence-corrected chi connectivity index (χ1v) is 6.15. The summed E-state index contributed by atoms with van der Waals surface area (Å²) in [7, 11) is 0. The van der Waals surface area contributed by atoms with Gasteiger partial charge in [-0.1, -0.05) is 23.8 Å². The van der Waals surface area contributed by atoms with Crippen molar-refractivity contribution >= 4 is 5.91 Å². The van der Waals surface area contributed by atoms with Crippen molar-refractivity contribution in [2.24, 2.45) is 11.7 Å². The number of primary amides is 1. The number of nitrogens with two attached hydrogens (primary N) is 1. The van der Waals surface area contributed by atoms with Gasteiger partial charge in [0, 0.05) is 5.92 Å². The highest BCUT2D eigenvalue weighted by Gasteiger charge is 2.47. The Kier molecular flexibility index (Phi) is 2.26. The molecule has 1 aromatic rings. The third-order valence-corrected chi connectivity index (χ3v) is 4.36. The first-order chi connectivity index (χ1) is 8.08. The largest absolute Gasteiger partial charge is 0.383 e. The van der Waals surface area contributed by atoms with Gasteiger partial charge < -0.3 is 10.8 Å². The van der Waals surface area contributed by atoms with Gasteiger partial charge in [-0.3, -0.25) is 4.79 Å². The van der Waals surface area contributed by atoms with Crippen LogP contribution >= 0.6 is 0 Å². The summed E-state index contributed by atoms with van der Waals surface area (Å²) in [5, 5.41) is 9.99. The lowest BCUT2D eigenvalue weighted by Crippen LogP contribution is -2.44. The molecule has 1 amide bonds. The average molecular weight is 231 g/mol. The SMILES string of the molecule is Cc1ccc2c(c1)C1CC(C1)[C@H]2C(O)C(N)=O. The Morgan fingerprint density at radius 1 is 1.41 bits per heavy atom. The first-order valence-electron chi connectivity index (χ1n) is 6.15. The Morgan fingerprint density at radius 2 is 2.12 bits per heavy atom. The highest BCUT2D eigenvalue weighted by molar-refractivity contribution is 5.80. The maximum atomic E-state index is 11.2. The maximum absolute atomic E-state index is 11.2. The van der Waals surface area contributed by atoms with E-state index in [2.05, 4.69) is 19.1 Å². The van der Waals surface area contributed by atoms with Crippen molar-refractivity contribution in [3.8, 4) is 0 Å². The smallest absolute Gasteiger partial charge is 0.246 e. The van der Waals surface area contributed by atoms with Crippen molar-refractivity contribution in [3.05, 3.63) is 34.9 Å². The molecule has 0 saturated heterocycles. The van der Waals surface area contributed by atoms with E-state index in [-0.39, 0.29) is 5.92 Å². The second kappa shape index (κ2) is 3.57. The van der Waals surface area contributed by atoms with Crippen LogP contribution in [0.4, 0.5) is 0 Å². The summed E-state index contributed by atoms with van der Waals surface area (Å²) in [6, 6.07) is 6.29. The number of carbonyl (C=O) groups excluding carboxylic acids is 1. The van der Waals surface area contributed by atoms with Crippen LogP contribution in [0.3, 0.4) is 0 Å². The van der Waals surface area contributed by atoms with Crippen molar-refractivity contribution in [2.75, 3.05) is 0 Å². The van der Waals surface area contributed by atoms with E-state index in [1.54, 1.807) is 0 Å². The van der Waals surface area contributed by atoms with Gasteiger partial charge in [-0.05, 0) is 42.7 Å². The quantitative estimate of drug-likeness (QED) is 0.808. The van der Waals surface area contributed by atoms with Crippen molar-refractivity contribution in [1.82, 2.24) is 0 Å². The zero-order valence-corrected chi connectivity index (χ0v) is 9.89. The fourth-order valence-electron chi connectivity index (χ4n) is 3.42. The van der Waals surface area contributed by atoms with E-state index in [0.717, 1.165) is 18.4 Å². The summed E-state index contributed by atoms with van der Waals surface area (Å²) >= 11 is 0. The first kappa shape index (κ1) is 10.8. The lowest BCUT2D eigenvalue weighted by Gasteiger charge is -2.49. The van der Waals surface area contributed by atoms with E-state index < -0.39 is 12.0 Å². The second-order valence-electron chi connectivity index (χ2n) is 5.43. The summed E-state index contributed by atoms with van der Waals surface area (Å²) in [5.74, 6) is 0.365. The molecule has 1 fully saturated rings. The lowest BCUT2D eigenvalue weighted by atomic mass is 9.56. The minimum Gasteiger partial charge on any atom is -0.383 e. The normalized spacial score (nSPS) is 31.3. The molecule has 0 radical (unpaired) electrons. The number of aliphatic hydroxyl groups excluding tert-OH is 1. The van der Waals surface area contributed by atoms with Crippen molar-refractivity contribution in [3.63, 3.8) is 0 Å². The van der Waals surface area contributed by atoms with Gasteiger partial charge >= 0.3 is 0 Å². The van der Waals surface area contributed by atoms with Gasteiger partial charge in [0.2, 0.25) is 5.91 Å². The summed E-state index contributed by atoms with van der Waals surface area (Å²) in [6.07, 6.45) is 1.14. The summed E-state index contributed by atoms with van der Waals surface area (Å²) in [4.78, 5) is 11.2. The van der Waals surface area contributed by atoms with Gasteiger partial charge in [0.05, 0.1) is 0 Å². The predicted molar refractivity (Wildman–Crippen MR) is 64.6 cm³/mol. The monoisotopic (exact) mass is 231 g/mol. The molecule has 3 N–H and O–H groups in total. The molecule has 1 unspecified atom stereocenters. The van der Waals surface area contributed by atoms with E-state index in [1.807, 2.05) is 6.07 Å². The number of hydrogen-bond donors (Lipinski definition) is 2. The van der Waals surface area contributed by atoms with Crippen LogP contribution in [0.2, 0.25) is 0 Å². The van der Waals surface area contributed by atoms with Gasteiger partial charge in [-0.2, -0.15) is 0 Å². The average Bonchev–Trinajstić information content (AvgIpc) is 2.24. The fourth-order valence-corrected chi connectivity index (χ4v) is 3.42. The van der Waals surface area contributed by atoms with E-state index >= 15 is 0 Å². The van der Waals surface area contributed by atoms with Crippen LogP contribution in [0.15, 0.2) is 18.2 Å². The molecule has 3 aliphatic rings. The van der Waals surface area contributed by atoms with Crippen LogP contribution in [0.1, 0.15) is 41.4 Å². The molecule has 0 aromatic heterocycles. The molecule has 3 aliphatic carbocycles. The van der Waals surface area contributed by atoms with Crippen LogP contribution < -0.4 is 5.73 Å². The molecule has 3 heteroatoms. The molecule has 0 aliphatic heterocycles. The van der Waals surface area contributed by atoms with Crippen LogP contribution in [-0.2, 0) is 4.79 Å².